The molecule has 1 N–H and O–H groups in total. The summed E-state index contributed by atoms with van der Waals surface area (Å²) in [6.45, 7) is 2.41. The molecule has 1 aromatic rings. The highest BCUT2D eigenvalue weighted by atomic mass is 35.5. The monoisotopic (exact) mass is 332 g/mol. The van der Waals surface area contributed by atoms with E-state index in [0.29, 0.717) is 33.1 Å². The summed E-state index contributed by atoms with van der Waals surface area (Å²) in [5.74, 6) is 0.391. The summed E-state index contributed by atoms with van der Waals surface area (Å²) in [5, 5.41) is 4.11. The van der Waals surface area contributed by atoms with Gasteiger partial charge in [0, 0.05) is 11.6 Å². The normalized spacial score (nSPS) is 12.1. The second kappa shape index (κ2) is 6.91. The van der Waals surface area contributed by atoms with Crippen LogP contribution in [0.15, 0.2) is 17.1 Å². The van der Waals surface area contributed by atoms with Crippen LogP contribution in [0.3, 0.4) is 0 Å². The Kier molecular flexibility index (Phi) is 6.18. The van der Waals surface area contributed by atoms with E-state index in [1.54, 1.807) is 12.1 Å². The van der Waals surface area contributed by atoms with Crippen molar-refractivity contribution in [2.45, 2.75) is 11.8 Å². The number of nitrogens with one attached hydrogen (secondary N) is 1. The van der Waals surface area contributed by atoms with Crippen LogP contribution in [-0.2, 0) is 0 Å². The maximum absolute atomic E-state index is 6.01. The summed E-state index contributed by atoms with van der Waals surface area (Å²) in [4.78, 5) is 3.34. The molecule has 0 fully saturated rings. The maximum Gasteiger partial charge on any atom is 0.164 e. The molecule has 17 heavy (non-hydrogen) atoms. The first-order chi connectivity index (χ1) is 7.95. The van der Waals surface area contributed by atoms with Gasteiger partial charge in [-0.2, -0.15) is 0 Å². The number of halogens is 5. The molecule has 0 heterocycles. The molecule has 0 saturated carbocycles. The fourth-order valence-electron chi connectivity index (χ4n) is 1.12. The van der Waals surface area contributed by atoms with Crippen molar-refractivity contribution < 1.29 is 0 Å². The zero-order valence-electron chi connectivity index (χ0n) is 8.78. The first-order valence-electron chi connectivity index (χ1n) is 4.69. The van der Waals surface area contributed by atoms with E-state index in [4.69, 9.17) is 58.0 Å². The van der Waals surface area contributed by atoms with Crippen LogP contribution >= 0.6 is 58.0 Å². The van der Waals surface area contributed by atoms with Crippen molar-refractivity contribution in [3.05, 3.63) is 27.2 Å². The molecule has 2 nitrogen and oxygen atoms in total. The molecule has 94 valence electrons. The van der Waals surface area contributed by atoms with Gasteiger partial charge in [0.15, 0.2) is 4.84 Å². The van der Waals surface area contributed by atoms with Crippen LogP contribution in [0.2, 0.25) is 15.1 Å². The highest BCUT2D eigenvalue weighted by Crippen LogP contribution is 2.34. The Bertz CT molecular complexity index is 408. The molecular formula is C10H9Cl5N2. The average Bonchev–Trinajstić information content (AvgIpc) is 2.21. The maximum atomic E-state index is 6.01. The standard InChI is InChI=1S/C10H9Cl5N2/c1-2-16-10(9(14)15)17-8-6(12)3-5(11)4-7(8)13/h3-4,9H,2H2,1H3,(H,16,17). The summed E-state index contributed by atoms with van der Waals surface area (Å²) in [5.41, 5.74) is 0.483. The molecule has 0 aliphatic heterocycles. The van der Waals surface area contributed by atoms with Gasteiger partial charge in [0.1, 0.15) is 5.84 Å². The molecule has 0 bridgehead atoms. The van der Waals surface area contributed by atoms with Crippen LogP contribution in [0.25, 0.3) is 0 Å². The fourth-order valence-corrected chi connectivity index (χ4v) is 2.28. The quantitative estimate of drug-likeness (QED) is 0.454. The number of nitrogens with zero attached hydrogens (tertiary/aromatic N) is 1. The van der Waals surface area contributed by atoms with Gasteiger partial charge < -0.3 is 5.32 Å². The lowest BCUT2D eigenvalue weighted by atomic mass is 10.3. The summed E-state index contributed by atoms with van der Waals surface area (Å²) in [6.07, 6.45) is 0. The summed E-state index contributed by atoms with van der Waals surface area (Å²) < 4.78 is 0. The Balaban J connectivity index is 3.06. The van der Waals surface area contributed by atoms with Gasteiger partial charge in [0.25, 0.3) is 0 Å². The minimum atomic E-state index is -0.780. The molecule has 0 spiro atoms. The van der Waals surface area contributed by atoms with E-state index in [-0.39, 0.29) is 0 Å². The van der Waals surface area contributed by atoms with Gasteiger partial charge in [-0.1, -0.05) is 58.0 Å². The molecule has 0 aromatic heterocycles. The molecule has 0 unspecified atom stereocenters. The Hall–Kier alpha value is 0.140. The molecule has 0 aliphatic rings. The number of rotatable bonds is 3. The van der Waals surface area contributed by atoms with Crippen molar-refractivity contribution in [1.29, 1.82) is 0 Å². The second-order valence-corrected chi connectivity index (χ2v) is 5.38. The lowest BCUT2D eigenvalue weighted by Gasteiger charge is -2.13. The van der Waals surface area contributed by atoms with Crippen molar-refractivity contribution in [2.75, 3.05) is 11.9 Å². The van der Waals surface area contributed by atoms with Crippen LogP contribution < -0.4 is 5.32 Å². The number of hydrogen-bond acceptors (Lipinski definition) is 1. The molecule has 0 amide bonds. The van der Waals surface area contributed by atoms with E-state index in [2.05, 4.69) is 10.3 Å². The summed E-state index contributed by atoms with van der Waals surface area (Å²) in [6, 6.07) is 3.14. The van der Waals surface area contributed by atoms with Gasteiger partial charge in [0.05, 0.1) is 15.7 Å². The SMILES string of the molecule is CCN=C(Nc1c(Cl)cc(Cl)cc1Cl)C(Cl)Cl. The van der Waals surface area contributed by atoms with Gasteiger partial charge in [-0.05, 0) is 19.1 Å². The number of alkyl halides is 2. The van der Waals surface area contributed by atoms with E-state index in [9.17, 15) is 0 Å². The van der Waals surface area contributed by atoms with Crippen LogP contribution in [0.1, 0.15) is 6.92 Å². The Morgan fingerprint density at radius 2 is 1.76 bits per heavy atom. The topological polar surface area (TPSA) is 24.4 Å². The zero-order valence-corrected chi connectivity index (χ0v) is 12.6. The molecule has 0 saturated heterocycles. The average molecular weight is 334 g/mol. The number of aliphatic imine (C=N–C) groups is 1. The van der Waals surface area contributed by atoms with Gasteiger partial charge in [-0.15, -0.1) is 0 Å². The largest absolute Gasteiger partial charge is 0.339 e. The highest BCUT2D eigenvalue weighted by Gasteiger charge is 2.14. The predicted molar refractivity (Wildman–Crippen MR) is 78.6 cm³/mol. The summed E-state index contributed by atoms with van der Waals surface area (Å²) in [7, 11) is 0. The first kappa shape index (κ1) is 15.2. The van der Waals surface area contributed by atoms with Crippen molar-refractivity contribution in [3.8, 4) is 0 Å². The van der Waals surface area contributed by atoms with Crippen LogP contribution in [0.4, 0.5) is 5.69 Å². The molecular weight excluding hydrogens is 325 g/mol. The van der Waals surface area contributed by atoms with Gasteiger partial charge >= 0.3 is 0 Å². The predicted octanol–water partition coefficient (Wildman–Crippen LogP) is 5.28. The van der Waals surface area contributed by atoms with E-state index in [1.165, 1.54) is 0 Å². The lowest BCUT2D eigenvalue weighted by molar-refractivity contribution is 1.12. The van der Waals surface area contributed by atoms with Crippen LogP contribution in [-0.4, -0.2) is 17.2 Å². The smallest absolute Gasteiger partial charge is 0.164 e. The van der Waals surface area contributed by atoms with Crippen molar-refractivity contribution in [3.63, 3.8) is 0 Å². The molecule has 0 aliphatic carbocycles. The minimum Gasteiger partial charge on any atom is -0.339 e. The van der Waals surface area contributed by atoms with Crippen LogP contribution in [0, 0.1) is 0 Å². The highest BCUT2D eigenvalue weighted by molar-refractivity contribution is 6.55. The molecule has 1 aromatic carbocycles. The lowest BCUT2D eigenvalue weighted by Crippen LogP contribution is -2.20. The van der Waals surface area contributed by atoms with Crippen LogP contribution in [0.5, 0.6) is 0 Å². The molecule has 0 atom stereocenters. The Morgan fingerprint density at radius 1 is 1.24 bits per heavy atom. The number of benzene rings is 1. The van der Waals surface area contributed by atoms with Crippen molar-refractivity contribution >= 4 is 69.5 Å². The van der Waals surface area contributed by atoms with Gasteiger partial charge in [-0.3, -0.25) is 4.99 Å². The van der Waals surface area contributed by atoms with E-state index in [0.717, 1.165) is 0 Å². The third-order valence-electron chi connectivity index (χ3n) is 1.80. The molecule has 1 rings (SSSR count). The van der Waals surface area contributed by atoms with Gasteiger partial charge in [0.2, 0.25) is 0 Å². The Morgan fingerprint density at radius 3 is 2.18 bits per heavy atom. The Labute approximate surface area is 125 Å². The number of hydrogen-bond donors (Lipinski definition) is 1. The summed E-state index contributed by atoms with van der Waals surface area (Å²) >= 11 is 29.4. The van der Waals surface area contributed by atoms with Gasteiger partial charge in [-0.25, -0.2) is 0 Å². The third-order valence-corrected chi connectivity index (χ3v) is 3.02. The molecule has 0 radical (unpaired) electrons. The van der Waals surface area contributed by atoms with Crippen molar-refractivity contribution in [1.82, 2.24) is 0 Å². The second-order valence-electron chi connectivity index (χ2n) is 3.03. The fraction of sp³-hybridized carbons (Fsp3) is 0.300. The number of amidine groups is 1. The van der Waals surface area contributed by atoms with E-state index < -0.39 is 4.84 Å². The van der Waals surface area contributed by atoms with E-state index >= 15 is 0 Å². The minimum absolute atomic E-state index is 0.375. The van der Waals surface area contributed by atoms with Crippen molar-refractivity contribution in [2.24, 2.45) is 4.99 Å². The van der Waals surface area contributed by atoms with E-state index in [1.807, 2.05) is 6.92 Å². The first-order valence-corrected chi connectivity index (χ1v) is 6.70. The number of anilines is 1. The molecule has 7 heteroatoms. The third kappa shape index (κ3) is 4.38. The zero-order chi connectivity index (χ0) is 13.0.